The van der Waals surface area contributed by atoms with Crippen molar-refractivity contribution in [1.82, 2.24) is 0 Å². The van der Waals surface area contributed by atoms with Crippen molar-refractivity contribution >= 4 is 28.2 Å². The highest BCUT2D eigenvalue weighted by molar-refractivity contribution is 7.18. The summed E-state index contributed by atoms with van der Waals surface area (Å²) in [6, 6.07) is 1.80. The fourth-order valence-electron chi connectivity index (χ4n) is 1.88. The third-order valence-electron chi connectivity index (χ3n) is 3.47. The fourth-order valence-corrected chi connectivity index (χ4v) is 2.85. The van der Waals surface area contributed by atoms with Gasteiger partial charge in [0, 0.05) is 10.8 Å². The van der Waals surface area contributed by atoms with E-state index in [9.17, 15) is 9.59 Å². The zero-order chi connectivity index (χ0) is 16.5. The Hall–Kier alpha value is -1.40. The van der Waals surface area contributed by atoms with E-state index in [4.69, 9.17) is 9.47 Å². The van der Waals surface area contributed by atoms with E-state index in [0.717, 1.165) is 5.56 Å². The van der Waals surface area contributed by atoms with Crippen LogP contribution in [0, 0.1) is 17.8 Å². The van der Waals surface area contributed by atoms with Gasteiger partial charge in [0.1, 0.15) is 11.5 Å². The lowest BCUT2D eigenvalue weighted by molar-refractivity contribution is -0.127. The predicted molar refractivity (Wildman–Crippen MR) is 86.3 cm³/mol. The van der Waals surface area contributed by atoms with Gasteiger partial charge in [0.25, 0.3) is 0 Å². The Morgan fingerprint density at radius 3 is 2.55 bits per heavy atom. The minimum atomic E-state index is -0.475. The molecule has 0 spiro atoms. The van der Waals surface area contributed by atoms with Gasteiger partial charge in [-0.05, 0) is 18.6 Å². The van der Waals surface area contributed by atoms with Crippen LogP contribution in [0.15, 0.2) is 6.07 Å². The van der Waals surface area contributed by atoms with Gasteiger partial charge in [-0.25, -0.2) is 4.79 Å². The van der Waals surface area contributed by atoms with Gasteiger partial charge in [-0.3, -0.25) is 4.79 Å². The number of ether oxygens (including phenoxy) is 2. The first kappa shape index (κ1) is 17.0. The number of hydrogen-bond donors (Lipinski definition) is 1. The lowest BCUT2D eigenvalue weighted by atomic mass is 9.90. The van der Waals surface area contributed by atoms with Gasteiger partial charge in [-0.1, -0.05) is 27.7 Å². The van der Waals surface area contributed by atoms with Crippen molar-refractivity contribution in [2.75, 3.05) is 25.1 Å². The predicted octanol–water partition coefficient (Wildman–Crippen LogP) is 3.23. The summed E-state index contributed by atoms with van der Waals surface area (Å²) >= 11 is 1.25. The molecule has 22 heavy (non-hydrogen) atoms. The Morgan fingerprint density at radius 1 is 1.41 bits per heavy atom. The van der Waals surface area contributed by atoms with E-state index in [1.807, 2.05) is 34.6 Å². The molecule has 0 aromatic carbocycles. The van der Waals surface area contributed by atoms with E-state index >= 15 is 0 Å². The Balaban J connectivity index is 1.99. The van der Waals surface area contributed by atoms with Crippen molar-refractivity contribution in [1.29, 1.82) is 0 Å². The van der Waals surface area contributed by atoms with Crippen LogP contribution in [0.2, 0.25) is 0 Å². The van der Waals surface area contributed by atoms with Crippen molar-refractivity contribution in [2.24, 2.45) is 10.8 Å². The largest absolute Gasteiger partial charge is 0.461 e. The number of nitrogens with one attached hydrogen (secondary N) is 1. The molecule has 0 radical (unpaired) electrons. The minimum Gasteiger partial charge on any atom is -0.461 e. The van der Waals surface area contributed by atoms with Gasteiger partial charge < -0.3 is 14.8 Å². The molecule has 5 nitrogen and oxygen atoms in total. The van der Waals surface area contributed by atoms with E-state index in [-0.39, 0.29) is 17.3 Å². The van der Waals surface area contributed by atoms with Crippen molar-refractivity contribution < 1.29 is 19.1 Å². The summed E-state index contributed by atoms with van der Waals surface area (Å²) in [6.07, 6.45) is 0. The van der Waals surface area contributed by atoms with Crippen molar-refractivity contribution in [3.63, 3.8) is 0 Å². The molecule has 1 aliphatic heterocycles. The Bertz CT molecular complexity index is 581. The van der Waals surface area contributed by atoms with Crippen LogP contribution in [0.4, 0.5) is 5.00 Å². The average Bonchev–Trinajstić information content (AvgIpc) is 2.73. The Kier molecular flexibility index (Phi) is 4.63. The van der Waals surface area contributed by atoms with E-state index in [1.165, 1.54) is 11.3 Å². The second-order valence-electron chi connectivity index (χ2n) is 7.21. The fraction of sp³-hybridized carbons (Fsp3) is 0.625. The molecule has 1 aromatic heterocycles. The molecule has 1 amide bonds. The van der Waals surface area contributed by atoms with Crippen molar-refractivity contribution in [3.8, 4) is 0 Å². The van der Waals surface area contributed by atoms with Crippen molar-refractivity contribution in [3.05, 3.63) is 16.5 Å². The maximum absolute atomic E-state index is 12.2. The quantitative estimate of drug-likeness (QED) is 0.863. The molecule has 1 aromatic rings. The second kappa shape index (κ2) is 6.01. The zero-order valence-corrected chi connectivity index (χ0v) is 14.6. The van der Waals surface area contributed by atoms with E-state index < -0.39 is 5.41 Å². The number of carbonyl (C=O) groups is 2. The smallest absolute Gasteiger partial charge is 0.348 e. The molecule has 1 fully saturated rings. The first-order valence-corrected chi connectivity index (χ1v) is 8.09. The SMILES string of the molecule is Cc1cc(NC(=O)C(C)(C)C)sc1C(=O)OCC1(C)COC1. The first-order valence-electron chi connectivity index (χ1n) is 7.27. The van der Waals surface area contributed by atoms with Gasteiger partial charge >= 0.3 is 5.97 Å². The molecular formula is C16H23NO4S. The lowest BCUT2D eigenvalue weighted by Crippen LogP contribution is -2.44. The molecule has 2 rings (SSSR count). The topological polar surface area (TPSA) is 64.6 Å². The molecule has 0 bridgehead atoms. The number of carbonyl (C=O) groups excluding carboxylic acids is 2. The highest BCUT2D eigenvalue weighted by atomic mass is 32.1. The summed E-state index contributed by atoms with van der Waals surface area (Å²) in [4.78, 5) is 24.7. The number of hydrogen-bond acceptors (Lipinski definition) is 5. The van der Waals surface area contributed by atoms with Gasteiger partial charge in [0.05, 0.1) is 18.2 Å². The highest BCUT2D eigenvalue weighted by Gasteiger charge is 2.35. The highest BCUT2D eigenvalue weighted by Crippen LogP contribution is 2.31. The summed E-state index contributed by atoms with van der Waals surface area (Å²) in [5, 5.41) is 3.51. The van der Waals surface area contributed by atoms with Gasteiger partial charge in [-0.2, -0.15) is 0 Å². The van der Waals surface area contributed by atoms with Crippen LogP contribution in [-0.2, 0) is 14.3 Å². The molecule has 0 saturated carbocycles. The maximum Gasteiger partial charge on any atom is 0.348 e. The minimum absolute atomic E-state index is 0.0654. The normalized spacial score (nSPS) is 16.8. The first-order chi connectivity index (χ1) is 10.1. The molecule has 0 aliphatic carbocycles. The molecule has 0 unspecified atom stereocenters. The second-order valence-corrected chi connectivity index (χ2v) is 8.26. The van der Waals surface area contributed by atoms with Crippen molar-refractivity contribution in [2.45, 2.75) is 34.6 Å². The third kappa shape index (κ3) is 3.87. The monoisotopic (exact) mass is 325 g/mol. The Labute approximate surface area is 135 Å². The van der Waals surface area contributed by atoms with Crippen LogP contribution < -0.4 is 5.32 Å². The van der Waals surface area contributed by atoms with Crippen LogP contribution in [0.25, 0.3) is 0 Å². The molecule has 0 atom stereocenters. The average molecular weight is 325 g/mol. The molecule has 2 heterocycles. The number of esters is 1. The summed E-state index contributed by atoms with van der Waals surface area (Å²) in [5.74, 6) is -0.417. The molecule has 122 valence electrons. The summed E-state index contributed by atoms with van der Waals surface area (Å²) in [6.45, 7) is 11.0. The van der Waals surface area contributed by atoms with Crippen LogP contribution in [0.1, 0.15) is 42.9 Å². The van der Waals surface area contributed by atoms with Gasteiger partial charge in [0.2, 0.25) is 5.91 Å². The maximum atomic E-state index is 12.2. The van der Waals surface area contributed by atoms with Crippen LogP contribution >= 0.6 is 11.3 Å². The zero-order valence-electron chi connectivity index (χ0n) is 13.7. The van der Waals surface area contributed by atoms with E-state index in [0.29, 0.717) is 29.7 Å². The molecule has 6 heteroatoms. The van der Waals surface area contributed by atoms with Gasteiger partial charge in [-0.15, -0.1) is 11.3 Å². The molecule has 1 aliphatic rings. The van der Waals surface area contributed by atoms with Crippen LogP contribution in [0.3, 0.4) is 0 Å². The number of amides is 1. The number of rotatable bonds is 4. The molecule has 1 saturated heterocycles. The molecular weight excluding hydrogens is 302 g/mol. The standard InChI is InChI=1S/C16H23NO4S/c1-10-6-11(17-14(19)15(2,3)4)22-12(10)13(18)21-9-16(5)7-20-8-16/h6H,7-9H2,1-5H3,(H,17,19). The van der Waals surface area contributed by atoms with E-state index in [2.05, 4.69) is 5.32 Å². The summed E-state index contributed by atoms with van der Waals surface area (Å²) < 4.78 is 10.5. The number of aryl methyl sites for hydroxylation is 1. The lowest BCUT2D eigenvalue weighted by Gasteiger charge is -2.37. The summed E-state index contributed by atoms with van der Waals surface area (Å²) in [5.41, 5.74) is 0.274. The summed E-state index contributed by atoms with van der Waals surface area (Å²) in [7, 11) is 0. The third-order valence-corrected chi connectivity index (χ3v) is 4.61. The van der Waals surface area contributed by atoms with Crippen LogP contribution in [-0.4, -0.2) is 31.7 Å². The van der Waals surface area contributed by atoms with E-state index in [1.54, 1.807) is 6.07 Å². The van der Waals surface area contributed by atoms with Crippen LogP contribution in [0.5, 0.6) is 0 Å². The number of anilines is 1. The van der Waals surface area contributed by atoms with Gasteiger partial charge in [0.15, 0.2) is 0 Å². The Morgan fingerprint density at radius 2 is 2.05 bits per heavy atom. The number of thiophene rings is 1. The molecule has 1 N–H and O–H groups in total.